The predicted molar refractivity (Wildman–Crippen MR) is 130 cm³/mol. The van der Waals surface area contributed by atoms with Crippen LogP contribution >= 0.6 is 11.8 Å². The molecule has 2 aliphatic rings. The van der Waals surface area contributed by atoms with Crippen molar-refractivity contribution in [3.05, 3.63) is 57.3 Å². The Kier molecular flexibility index (Phi) is 7.82. The van der Waals surface area contributed by atoms with Crippen molar-refractivity contribution >= 4 is 28.8 Å². The molecular formula is C25H33N3O3S. The van der Waals surface area contributed by atoms with Crippen molar-refractivity contribution in [1.29, 1.82) is 0 Å². The quantitative estimate of drug-likeness (QED) is 0.559. The highest BCUT2D eigenvalue weighted by molar-refractivity contribution is 8.16. The fourth-order valence-electron chi connectivity index (χ4n) is 3.99. The van der Waals surface area contributed by atoms with Gasteiger partial charge in [-0.1, -0.05) is 49.4 Å². The molecule has 0 spiro atoms. The lowest BCUT2D eigenvalue weighted by molar-refractivity contribution is -0.139. The number of rotatable bonds is 8. The SMILES string of the molecule is CCOC(=O)C1=C(C)N=C2SC=C(CC(=O)NCCC(C)C)N2[C@H]1c1ccc(C)cc1C. The standard InChI is InChI=1S/C25H33N3O3S/c1-7-31-24(30)22-18(6)27-25-28(23(22)20-9-8-16(4)12-17(20)5)19(14-32-25)13-21(29)26-11-10-15(2)3/h8-9,12,14-15,23H,7,10-11,13H2,1-6H3,(H,26,29)/t23-/m0/s1. The number of hydrogen-bond donors (Lipinski definition) is 1. The van der Waals surface area contributed by atoms with E-state index in [-0.39, 0.29) is 24.3 Å². The van der Waals surface area contributed by atoms with E-state index in [4.69, 9.17) is 9.73 Å². The van der Waals surface area contributed by atoms with Crippen LogP contribution in [-0.2, 0) is 14.3 Å². The molecule has 2 heterocycles. The van der Waals surface area contributed by atoms with Gasteiger partial charge in [0.1, 0.15) is 0 Å². The van der Waals surface area contributed by atoms with Crippen molar-refractivity contribution in [2.45, 2.75) is 60.4 Å². The van der Waals surface area contributed by atoms with E-state index >= 15 is 0 Å². The molecule has 1 N–H and O–H groups in total. The van der Waals surface area contributed by atoms with Crippen molar-refractivity contribution < 1.29 is 14.3 Å². The van der Waals surface area contributed by atoms with Gasteiger partial charge in [0, 0.05) is 12.2 Å². The summed E-state index contributed by atoms with van der Waals surface area (Å²) < 4.78 is 5.41. The number of carbonyl (C=O) groups excluding carboxylic acids is 2. The third kappa shape index (κ3) is 5.26. The molecule has 3 rings (SSSR count). The summed E-state index contributed by atoms with van der Waals surface area (Å²) >= 11 is 1.49. The molecule has 0 saturated carbocycles. The van der Waals surface area contributed by atoms with E-state index in [1.54, 1.807) is 6.92 Å². The first kappa shape index (κ1) is 24.1. The summed E-state index contributed by atoms with van der Waals surface area (Å²) in [6.07, 6.45) is 1.18. The highest BCUT2D eigenvalue weighted by atomic mass is 32.2. The number of nitrogens with one attached hydrogen (secondary N) is 1. The Morgan fingerprint density at radius 3 is 2.66 bits per heavy atom. The number of aliphatic imine (C=N–C) groups is 1. The summed E-state index contributed by atoms with van der Waals surface area (Å²) in [5, 5.41) is 5.77. The van der Waals surface area contributed by atoms with E-state index in [2.05, 4.69) is 51.2 Å². The number of amides is 1. The Morgan fingerprint density at radius 2 is 2.00 bits per heavy atom. The topological polar surface area (TPSA) is 71.0 Å². The number of hydrogen-bond acceptors (Lipinski definition) is 6. The summed E-state index contributed by atoms with van der Waals surface area (Å²) in [6.45, 7) is 13.0. The lowest BCUT2D eigenvalue weighted by Gasteiger charge is -2.37. The monoisotopic (exact) mass is 455 g/mol. The minimum Gasteiger partial charge on any atom is -0.463 e. The van der Waals surface area contributed by atoms with Gasteiger partial charge in [-0.25, -0.2) is 9.79 Å². The van der Waals surface area contributed by atoms with E-state index < -0.39 is 0 Å². The van der Waals surface area contributed by atoms with Gasteiger partial charge in [0.05, 0.1) is 30.3 Å². The number of ether oxygens (including phenoxy) is 1. The maximum absolute atomic E-state index is 13.0. The molecule has 2 aliphatic heterocycles. The average Bonchev–Trinajstić information content (AvgIpc) is 3.09. The molecule has 0 unspecified atom stereocenters. The normalized spacial score (nSPS) is 17.8. The van der Waals surface area contributed by atoms with Crippen molar-refractivity contribution in [2.24, 2.45) is 10.9 Å². The fraction of sp³-hybridized carbons (Fsp3) is 0.480. The molecule has 0 fully saturated rings. The summed E-state index contributed by atoms with van der Waals surface area (Å²) in [5.41, 5.74) is 5.28. The van der Waals surface area contributed by atoms with Crippen LogP contribution in [0, 0.1) is 19.8 Å². The second-order valence-corrected chi connectivity index (χ2v) is 9.52. The molecule has 0 bridgehead atoms. The molecule has 1 aromatic carbocycles. The minimum atomic E-state index is -0.383. The van der Waals surface area contributed by atoms with Crippen LogP contribution in [0.1, 0.15) is 63.3 Å². The van der Waals surface area contributed by atoms with Gasteiger partial charge < -0.3 is 15.0 Å². The second-order valence-electron chi connectivity index (χ2n) is 8.68. The Balaban J connectivity index is 1.96. The highest BCUT2D eigenvalue weighted by Crippen LogP contribution is 2.45. The molecule has 6 nitrogen and oxygen atoms in total. The number of allylic oxidation sites excluding steroid dienone is 1. The number of benzene rings is 1. The zero-order valence-corrected chi connectivity index (χ0v) is 20.6. The van der Waals surface area contributed by atoms with Crippen LogP contribution in [0.5, 0.6) is 0 Å². The zero-order chi connectivity index (χ0) is 23.4. The van der Waals surface area contributed by atoms with Crippen LogP contribution in [0.3, 0.4) is 0 Å². The van der Waals surface area contributed by atoms with Crippen molar-refractivity contribution in [2.75, 3.05) is 13.2 Å². The number of fused-ring (bicyclic) bond motifs is 1. The van der Waals surface area contributed by atoms with Crippen LogP contribution in [-0.4, -0.2) is 35.1 Å². The Hall–Kier alpha value is -2.54. The second kappa shape index (κ2) is 10.4. The van der Waals surface area contributed by atoms with E-state index in [0.29, 0.717) is 30.3 Å². The van der Waals surface area contributed by atoms with Crippen LogP contribution in [0.4, 0.5) is 0 Å². The van der Waals surface area contributed by atoms with Crippen LogP contribution < -0.4 is 5.32 Å². The lowest BCUT2D eigenvalue weighted by Crippen LogP contribution is -2.38. The Morgan fingerprint density at radius 1 is 1.25 bits per heavy atom. The Bertz CT molecular complexity index is 994. The summed E-state index contributed by atoms with van der Waals surface area (Å²) in [6, 6.07) is 5.85. The first-order chi connectivity index (χ1) is 15.2. The van der Waals surface area contributed by atoms with E-state index in [1.807, 2.05) is 17.2 Å². The fourth-order valence-corrected chi connectivity index (χ4v) is 4.96. The molecule has 7 heteroatoms. The van der Waals surface area contributed by atoms with E-state index in [1.165, 1.54) is 11.8 Å². The summed E-state index contributed by atoms with van der Waals surface area (Å²) in [7, 11) is 0. The molecular weight excluding hydrogens is 422 g/mol. The Labute approximate surface area is 195 Å². The van der Waals surface area contributed by atoms with Crippen LogP contribution in [0.2, 0.25) is 0 Å². The molecule has 0 aromatic heterocycles. The number of nitrogens with zero attached hydrogens (tertiary/aromatic N) is 2. The van der Waals surface area contributed by atoms with Gasteiger partial charge in [-0.15, -0.1) is 0 Å². The zero-order valence-electron chi connectivity index (χ0n) is 19.8. The number of carbonyl (C=O) groups is 2. The van der Waals surface area contributed by atoms with E-state index in [9.17, 15) is 9.59 Å². The summed E-state index contributed by atoms with van der Waals surface area (Å²) in [5.74, 6) is 0.143. The highest BCUT2D eigenvalue weighted by Gasteiger charge is 2.41. The summed E-state index contributed by atoms with van der Waals surface area (Å²) in [4.78, 5) is 32.4. The smallest absolute Gasteiger partial charge is 0.338 e. The molecule has 172 valence electrons. The molecule has 1 amide bonds. The largest absolute Gasteiger partial charge is 0.463 e. The van der Waals surface area contributed by atoms with Gasteiger partial charge in [0.25, 0.3) is 0 Å². The molecule has 0 saturated heterocycles. The van der Waals surface area contributed by atoms with Gasteiger partial charge in [-0.05, 0) is 56.6 Å². The average molecular weight is 456 g/mol. The van der Waals surface area contributed by atoms with Gasteiger partial charge in [0.2, 0.25) is 5.91 Å². The first-order valence-electron chi connectivity index (χ1n) is 11.2. The number of aryl methyl sites for hydroxylation is 2. The van der Waals surface area contributed by atoms with Crippen molar-refractivity contribution in [3.8, 4) is 0 Å². The minimum absolute atomic E-state index is 0.0258. The van der Waals surface area contributed by atoms with Gasteiger partial charge in [-0.3, -0.25) is 4.79 Å². The molecule has 1 atom stereocenters. The first-order valence-corrected chi connectivity index (χ1v) is 12.1. The van der Waals surface area contributed by atoms with Gasteiger partial charge >= 0.3 is 5.97 Å². The van der Waals surface area contributed by atoms with E-state index in [0.717, 1.165) is 34.0 Å². The number of thioether (sulfide) groups is 1. The molecule has 0 radical (unpaired) electrons. The molecule has 32 heavy (non-hydrogen) atoms. The van der Waals surface area contributed by atoms with Crippen molar-refractivity contribution in [1.82, 2.24) is 10.2 Å². The third-order valence-corrected chi connectivity index (χ3v) is 6.49. The molecule has 1 aromatic rings. The maximum Gasteiger partial charge on any atom is 0.338 e. The van der Waals surface area contributed by atoms with Gasteiger partial charge in [0.15, 0.2) is 5.17 Å². The predicted octanol–water partition coefficient (Wildman–Crippen LogP) is 4.99. The van der Waals surface area contributed by atoms with Gasteiger partial charge in [-0.2, -0.15) is 0 Å². The third-order valence-electron chi connectivity index (χ3n) is 5.60. The lowest BCUT2D eigenvalue weighted by atomic mass is 9.90. The number of amidine groups is 1. The van der Waals surface area contributed by atoms with Crippen LogP contribution in [0.15, 0.2) is 45.6 Å². The van der Waals surface area contributed by atoms with Crippen LogP contribution in [0.25, 0.3) is 0 Å². The van der Waals surface area contributed by atoms with Crippen molar-refractivity contribution in [3.63, 3.8) is 0 Å². The number of esters is 1. The maximum atomic E-state index is 13.0. The molecule has 0 aliphatic carbocycles.